The van der Waals surface area contributed by atoms with Gasteiger partial charge in [-0.05, 0) is 19.1 Å². The highest BCUT2D eigenvalue weighted by molar-refractivity contribution is 5.93. The predicted octanol–water partition coefficient (Wildman–Crippen LogP) is 2.26. The van der Waals surface area contributed by atoms with Gasteiger partial charge in [0.05, 0.1) is 0 Å². The van der Waals surface area contributed by atoms with Crippen LogP contribution in [0, 0.1) is 6.92 Å². The van der Waals surface area contributed by atoms with Gasteiger partial charge in [0.1, 0.15) is 0 Å². The maximum atomic E-state index is 11.2. The molecule has 0 spiro atoms. The van der Waals surface area contributed by atoms with E-state index in [-0.39, 0.29) is 5.91 Å². The van der Waals surface area contributed by atoms with E-state index in [1.54, 1.807) is 0 Å². The summed E-state index contributed by atoms with van der Waals surface area (Å²) in [5, 5.41) is 0. The molecule has 1 amide bonds. The molecule has 2 radical (unpaired) electrons. The van der Waals surface area contributed by atoms with Crippen LogP contribution in [0.1, 0.15) is 6.92 Å². The lowest BCUT2D eigenvalue weighted by Gasteiger charge is -2.15. The van der Waals surface area contributed by atoms with Crippen LogP contribution in [0.4, 0.5) is 5.69 Å². The average Bonchev–Trinajstić information content (AvgIpc) is 2.15. The second-order valence-corrected chi connectivity index (χ2v) is 2.57. The van der Waals surface area contributed by atoms with E-state index in [2.05, 4.69) is 0 Å². The van der Waals surface area contributed by atoms with Crippen molar-refractivity contribution >= 4 is 11.6 Å². The lowest BCUT2D eigenvalue weighted by atomic mass is 10.3. The summed E-state index contributed by atoms with van der Waals surface area (Å²) < 4.78 is 0. The molecule has 0 bridgehead atoms. The van der Waals surface area contributed by atoms with Gasteiger partial charge >= 0.3 is 0 Å². The number of benzene rings is 1. The molecule has 0 unspecified atom stereocenters. The molecular weight excluding hydrogens is 162 g/mol. The predicted molar refractivity (Wildman–Crippen MR) is 53.0 cm³/mol. The number of amides is 1. The van der Waals surface area contributed by atoms with Gasteiger partial charge in [-0.2, -0.15) is 0 Å². The highest BCUT2D eigenvalue weighted by atomic mass is 16.2. The minimum Gasteiger partial charge on any atom is -0.288 e. The number of nitrogens with zero attached hydrogens (tertiary/aromatic N) is 1. The quantitative estimate of drug-likeness (QED) is 0.671. The Hall–Kier alpha value is -1.57. The van der Waals surface area contributed by atoms with E-state index in [1.807, 2.05) is 30.3 Å². The van der Waals surface area contributed by atoms with Gasteiger partial charge in [0.2, 0.25) is 5.91 Å². The number of rotatable bonds is 2. The van der Waals surface area contributed by atoms with E-state index in [1.165, 1.54) is 24.1 Å². The Bertz CT molecular complexity index is 303. The highest BCUT2D eigenvalue weighted by Gasteiger charge is 2.05. The van der Waals surface area contributed by atoms with Crippen molar-refractivity contribution in [1.82, 2.24) is 0 Å². The Balaban J connectivity index is 2.96. The zero-order valence-electron chi connectivity index (χ0n) is 7.47. The van der Waals surface area contributed by atoms with Crippen LogP contribution in [0.25, 0.3) is 0 Å². The summed E-state index contributed by atoms with van der Waals surface area (Å²) in [6.45, 7) is 6.72. The number of para-hydroxylation sites is 1. The molecule has 0 aromatic heterocycles. The van der Waals surface area contributed by atoms with Gasteiger partial charge in [-0.25, -0.2) is 0 Å². The minimum atomic E-state index is -0.0621. The van der Waals surface area contributed by atoms with E-state index >= 15 is 0 Å². The van der Waals surface area contributed by atoms with Gasteiger partial charge in [-0.1, -0.05) is 24.3 Å². The van der Waals surface area contributed by atoms with E-state index in [0.717, 1.165) is 5.69 Å². The molecule has 0 saturated heterocycles. The summed E-state index contributed by atoms with van der Waals surface area (Å²) in [5.41, 5.74) is 0.816. The molecule has 66 valence electrons. The third kappa shape index (κ3) is 2.44. The van der Waals surface area contributed by atoms with Crippen LogP contribution in [0.3, 0.4) is 0 Å². The molecule has 0 aliphatic rings. The summed E-state index contributed by atoms with van der Waals surface area (Å²) in [6, 6.07) is 9.34. The smallest absolute Gasteiger partial charge is 0.227 e. The summed E-state index contributed by atoms with van der Waals surface area (Å²) in [4.78, 5) is 12.6. The maximum absolute atomic E-state index is 11.2. The van der Waals surface area contributed by atoms with Gasteiger partial charge in [-0.3, -0.25) is 9.69 Å². The first-order valence-corrected chi connectivity index (χ1v) is 3.99. The van der Waals surface area contributed by atoms with Crippen molar-refractivity contribution in [3.8, 4) is 0 Å². The molecular formula is C11H11NO. The first-order chi connectivity index (χ1) is 6.25. The molecule has 0 heterocycles. The SMILES string of the molecule is [CH]C=CN(C(C)=O)c1ccccc1. The third-order valence-electron chi connectivity index (χ3n) is 1.61. The Labute approximate surface area is 78.5 Å². The molecule has 0 atom stereocenters. The van der Waals surface area contributed by atoms with Crippen LogP contribution in [-0.2, 0) is 4.79 Å². The van der Waals surface area contributed by atoms with E-state index in [0.29, 0.717) is 0 Å². The van der Waals surface area contributed by atoms with Crippen molar-refractivity contribution in [1.29, 1.82) is 0 Å². The summed E-state index contributed by atoms with van der Waals surface area (Å²) in [7, 11) is 0. The summed E-state index contributed by atoms with van der Waals surface area (Å²) >= 11 is 0. The number of allylic oxidation sites excluding steroid dienone is 1. The average molecular weight is 173 g/mol. The lowest BCUT2D eigenvalue weighted by molar-refractivity contribution is -0.115. The molecule has 2 heteroatoms. The van der Waals surface area contributed by atoms with Gasteiger partial charge in [0.15, 0.2) is 0 Å². The number of hydrogen-bond acceptors (Lipinski definition) is 1. The fraction of sp³-hybridized carbons (Fsp3) is 0.0909. The van der Waals surface area contributed by atoms with Crippen molar-refractivity contribution in [3.05, 3.63) is 49.5 Å². The zero-order valence-corrected chi connectivity index (χ0v) is 7.47. The standard InChI is InChI=1S/C11H11NO/c1-3-9-12(10(2)13)11-7-5-4-6-8-11/h1,3-9H,2H3. The first kappa shape index (κ1) is 9.52. The zero-order chi connectivity index (χ0) is 9.68. The maximum Gasteiger partial charge on any atom is 0.227 e. The van der Waals surface area contributed by atoms with Crippen LogP contribution < -0.4 is 4.90 Å². The fourth-order valence-corrected chi connectivity index (χ4v) is 1.05. The van der Waals surface area contributed by atoms with Crippen LogP contribution >= 0.6 is 0 Å². The van der Waals surface area contributed by atoms with Crippen molar-refractivity contribution < 1.29 is 4.79 Å². The van der Waals surface area contributed by atoms with E-state index < -0.39 is 0 Å². The van der Waals surface area contributed by atoms with Gasteiger partial charge in [0, 0.05) is 18.8 Å². The Kier molecular flexibility index (Phi) is 3.26. The topological polar surface area (TPSA) is 20.3 Å². The van der Waals surface area contributed by atoms with Crippen LogP contribution in [0.5, 0.6) is 0 Å². The molecule has 1 rings (SSSR count). The normalized spacial score (nSPS) is 10.3. The Morgan fingerprint density at radius 2 is 2.00 bits per heavy atom. The second-order valence-electron chi connectivity index (χ2n) is 2.57. The van der Waals surface area contributed by atoms with Crippen LogP contribution in [0.15, 0.2) is 42.6 Å². The van der Waals surface area contributed by atoms with Crippen molar-refractivity contribution in [2.75, 3.05) is 4.90 Å². The molecule has 0 aliphatic heterocycles. The summed E-state index contributed by atoms with van der Waals surface area (Å²) in [6.07, 6.45) is 2.88. The molecule has 2 nitrogen and oxygen atoms in total. The number of carbonyl (C=O) groups is 1. The minimum absolute atomic E-state index is 0.0621. The number of carbonyl (C=O) groups excluding carboxylic acids is 1. The molecule has 1 aromatic rings. The fourth-order valence-electron chi connectivity index (χ4n) is 1.05. The number of hydrogen-bond donors (Lipinski definition) is 0. The third-order valence-corrected chi connectivity index (χ3v) is 1.61. The van der Waals surface area contributed by atoms with Gasteiger partial charge < -0.3 is 0 Å². The highest BCUT2D eigenvalue weighted by Crippen LogP contribution is 2.13. The molecule has 0 N–H and O–H groups in total. The van der Waals surface area contributed by atoms with Gasteiger partial charge in [0.25, 0.3) is 0 Å². The van der Waals surface area contributed by atoms with Crippen molar-refractivity contribution in [2.24, 2.45) is 0 Å². The largest absolute Gasteiger partial charge is 0.288 e. The molecule has 0 saturated carbocycles. The Morgan fingerprint density at radius 3 is 2.46 bits per heavy atom. The first-order valence-electron chi connectivity index (χ1n) is 3.99. The molecule has 0 aliphatic carbocycles. The molecule has 13 heavy (non-hydrogen) atoms. The van der Waals surface area contributed by atoms with Crippen molar-refractivity contribution in [3.63, 3.8) is 0 Å². The Morgan fingerprint density at radius 1 is 1.38 bits per heavy atom. The molecule has 1 aromatic carbocycles. The molecule has 0 fully saturated rings. The van der Waals surface area contributed by atoms with Crippen LogP contribution in [0.2, 0.25) is 0 Å². The van der Waals surface area contributed by atoms with Gasteiger partial charge in [-0.15, -0.1) is 0 Å². The second kappa shape index (κ2) is 4.45. The van der Waals surface area contributed by atoms with Crippen molar-refractivity contribution in [2.45, 2.75) is 6.92 Å². The van der Waals surface area contributed by atoms with Crippen LogP contribution in [-0.4, -0.2) is 5.91 Å². The lowest BCUT2D eigenvalue weighted by Crippen LogP contribution is -2.21. The summed E-state index contributed by atoms with van der Waals surface area (Å²) in [5.74, 6) is -0.0621. The van der Waals surface area contributed by atoms with E-state index in [4.69, 9.17) is 6.92 Å². The van der Waals surface area contributed by atoms with E-state index in [9.17, 15) is 4.79 Å². The number of anilines is 1. The monoisotopic (exact) mass is 173 g/mol.